The van der Waals surface area contributed by atoms with E-state index in [0.717, 1.165) is 18.9 Å². The second-order valence-corrected chi connectivity index (χ2v) is 5.24. The van der Waals surface area contributed by atoms with Crippen LogP contribution in [-0.4, -0.2) is 60.4 Å². The molecule has 2 heterocycles. The van der Waals surface area contributed by atoms with Crippen molar-refractivity contribution in [2.45, 2.75) is 11.9 Å². The SMILES string of the molecule is CCOC(=O)C(=O)CSc1cc(N2CCOCC2)ncn1. The second-order valence-electron chi connectivity index (χ2n) is 4.25. The molecule has 1 aromatic heterocycles. The number of rotatable bonds is 6. The Labute approximate surface area is 127 Å². The summed E-state index contributed by atoms with van der Waals surface area (Å²) in [6.45, 7) is 4.77. The lowest BCUT2D eigenvalue weighted by molar-refractivity contribution is -0.152. The first-order chi connectivity index (χ1) is 10.2. The lowest BCUT2D eigenvalue weighted by Gasteiger charge is -2.27. The molecule has 0 atom stereocenters. The Hall–Kier alpha value is -1.67. The van der Waals surface area contributed by atoms with E-state index in [1.165, 1.54) is 18.1 Å². The summed E-state index contributed by atoms with van der Waals surface area (Å²) < 4.78 is 9.95. The van der Waals surface area contributed by atoms with Gasteiger partial charge in [-0.05, 0) is 6.92 Å². The number of Topliss-reactive ketones (excluding diaryl/α,β-unsaturated/α-hetero) is 1. The number of morpholine rings is 1. The van der Waals surface area contributed by atoms with Crippen molar-refractivity contribution >= 4 is 29.3 Å². The molecule has 0 radical (unpaired) electrons. The van der Waals surface area contributed by atoms with Crippen LogP contribution in [0.3, 0.4) is 0 Å². The predicted octanol–water partition coefficient (Wildman–Crippen LogP) is 0.537. The molecule has 0 aromatic carbocycles. The Bertz CT molecular complexity index is 506. The Balaban J connectivity index is 1.91. The lowest BCUT2D eigenvalue weighted by Crippen LogP contribution is -2.36. The minimum Gasteiger partial charge on any atom is -0.460 e. The van der Waals surface area contributed by atoms with E-state index in [1.54, 1.807) is 6.92 Å². The average molecular weight is 311 g/mol. The number of hydrogen-bond acceptors (Lipinski definition) is 8. The summed E-state index contributed by atoms with van der Waals surface area (Å²) in [5.74, 6) is -0.543. The van der Waals surface area contributed by atoms with Gasteiger partial charge in [0.1, 0.15) is 17.2 Å². The maximum absolute atomic E-state index is 11.5. The molecular formula is C13H17N3O4S. The third-order valence-corrected chi connectivity index (χ3v) is 3.74. The van der Waals surface area contributed by atoms with Crippen molar-refractivity contribution < 1.29 is 19.1 Å². The normalized spacial score (nSPS) is 14.8. The Morgan fingerprint density at radius 2 is 2.14 bits per heavy atom. The number of ether oxygens (including phenoxy) is 2. The number of nitrogens with zero attached hydrogens (tertiary/aromatic N) is 3. The smallest absolute Gasteiger partial charge is 0.375 e. The number of aromatic nitrogens is 2. The maximum atomic E-state index is 11.5. The largest absolute Gasteiger partial charge is 0.460 e. The number of hydrogen-bond donors (Lipinski definition) is 0. The van der Waals surface area contributed by atoms with Gasteiger partial charge in [0.05, 0.1) is 25.6 Å². The van der Waals surface area contributed by atoms with Gasteiger partial charge in [0.15, 0.2) is 0 Å². The summed E-state index contributed by atoms with van der Waals surface area (Å²) in [6, 6.07) is 1.81. The van der Waals surface area contributed by atoms with Crippen molar-refractivity contribution in [2.75, 3.05) is 43.6 Å². The third kappa shape index (κ3) is 4.68. The molecular weight excluding hydrogens is 294 g/mol. The Morgan fingerprint density at radius 3 is 2.86 bits per heavy atom. The van der Waals surface area contributed by atoms with Crippen LogP contribution in [0.15, 0.2) is 17.4 Å². The number of carbonyl (C=O) groups is 2. The molecule has 7 nitrogen and oxygen atoms in total. The Morgan fingerprint density at radius 1 is 1.38 bits per heavy atom. The molecule has 0 aliphatic carbocycles. The van der Waals surface area contributed by atoms with Crippen molar-refractivity contribution in [1.82, 2.24) is 9.97 Å². The van der Waals surface area contributed by atoms with Crippen LogP contribution in [0, 0.1) is 0 Å². The van der Waals surface area contributed by atoms with E-state index in [0.29, 0.717) is 18.2 Å². The molecule has 1 saturated heterocycles. The van der Waals surface area contributed by atoms with Crippen LogP contribution in [0.1, 0.15) is 6.92 Å². The summed E-state index contributed by atoms with van der Waals surface area (Å²) in [4.78, 5) is 33.2. The van der Waals surface area contributed by atoms with Crippen LogP contribution in [0.2, 0.25) is 0 Å². The number of thioether (sulfide) groups is 1. The van der Waals surface area contributed by atoms with E-state index in [4.69, 9.17) is 4.74 Å². The highest BCUT2D eigenvalue weighted by Crippen LogP contribution is 2.20. The van der Waals surface area contributed by atoms with Gasteiger partial charge in [0, 0.05) is 19.2 Å². The summed E-state index contributed by atoms with van der Waals surface area (Å²) in [5.41, 5.74) is 0. The first kappa shape index (κ1) is 15.7. The molecule has 0 saturated carbocycles. The fraction of sp³-hybridized carbons (Fsp3) is 0.538. The van der Waals surface area contributed by atoms with E-state index >= 15 is 0 Å². The predicted molar refractivity (Wildman–Crippen MR) is 77.4 cm³/mol. The number of carbonyl (C=O) groups excluding carboxylic acids is 2. The lowest BCUT2D eigenvalue weighted by atomic mass is 10.4. The van der Waals surface area contributed by atoms with Crippen molar-refractivity contribution in [3.8, 4) is 0 Å². The van der Waals surface area contributed by atoms with E-state index in [-0.39, 0.29) is 12.4 Å². The molecule has 114 valence electrons. The molecule has 1 aromatic rings. The van der Waals surface area contributed by atoms with Gasteiger partial charge in [-0.3, -0.25) is 4.79 Å². The molecule has 0 amide bonds. The van der Waals surface area contributed by atoms with Crippen LogP contribution in [0.5, 0.6) is 0 Å². The van der Waals surface area contributed by atoms with Crippen LogP contribution < -0.4 is 4.90 Å². The van der Waals surface area contributed by atoms with Crippen molar-refractivity contribution in [2.24, 2.45) is 0 Å². The van der Waals surface area contributed by atoms with Gasteiger partial charge in [-0.2, -0.15) is 0 Å². The van der Waals surface area contributed by atoms with Crippen molar-refractivity contribution in [1.29, 1.82) is 0 Å². The fourth-order valence-corrected chi connectivity index (χ4v) is 2.49. The van der Waals surface area contributed by atoms with E-state index in [9.17, 15) is 9.59 Å². The van der Waals surface area contributed by atoms with Gasteiger partial charge in [-0.1, -0.05) is 11.8 Å². The quantitative estimate of drug-likeness (QED) is 0.326. The maximum Gasteiger partial charge on any atom is 0.375 e. The number of esters is 1. The van der Waals surface area contributed by atoms with Gasteiger partial charge in [-0.15, -0.1) is 0 Å². The standard InChI is InChI=1S/C13H17N3O4S/c1-2-20-13(18)10(17)8-21-12-7-11(14-9-15-12)16-3-5-19-6-4-16/h7,9H,2-6,8H2,1H3. The molecule has 1 aliphatic heterocycles. The second kappa shape index (κ2) is 7.94. The molecule has 0 unspecified atom stereocenters. The van der Waals surface area contributed by atoms with Crippen molar-refractivity contribution in [3.63, 3.8) is 0 Å². The minimum atomic E-state index is -0.799. The van der Waals surface area contributed by atoms with Gasteiger partial charge >= 0.3 is 5.97 Å². The van der Waals surface area contributed by atoms with Crippen LogP contribution in [0.25, 0.3) is 0 Å². The molecule has 0 spiro atoms. The van der Waals surface area contributed by atoms with Gasteiger partial charge in [0.25, 0.3) is 0 Å². The highest BCUT2D eigenvalue weighted by molar-refractivity contribution is 8.00. The van der Waals surface area contributed by atoms with Gasteiger partial charge in [-0.25, -0.2) is 14.8 Å². The van der Waals surface area contributed by atoms with Crippen LogP contribution >= 0.6 is 11.8 Å². The summed E-state index contributed by atoms with van der Waals surface area (Å²) in [7, 11) is 0. The van der Waals surface area contributed by atoms with Crippen molar-refractivity contribution in [3.05, 3.63) is 12.4 Å². The fourth-order valence-electron chi connectivity index (χ4n) is 1.78. The average Bonchev–Trinajstić information content (AvgIpc) is 2.54. The molecule has 8 heteroatoms. The molecule has 21 heavy (non-hydrogen) atoms. The van der Waals surface area contributed by atoms with Gasteiger partial charge in [0.2, 0.25) is 5.78 Å². The van der Waals surface area contributed by atoms with E-state index in [1.807, 2.05) is 6.07 Å². The summed E-state index contributed by atoms with van der Waals surface area (Å²) in [5, 5.41) is 0.657. The zero-order valence-electron chi connectivity index (χ0n) is 11.8. The molecule has 1 fully saturated rings. The number of anilines is 1. The Kier molecular flexibility index (Phi) is 5.94. The number of ketones is 1. The van der Waals surface area contributed by atoms with Gasteiger partial charge < -0.3 is 14.4 Å². The zero-order valence-corrected chi connectivity index (χ0v) is 12.6. The van der Waals surface area contributed by atoms with E-state index in [2.05, 4.69) is 19.6 Å². The summed E-state index contributed by atoms with van der Waals surface area (Å²) >= 11 is 1.20. The minimum absolute atomic E-state index is 0.0123. The van der Waals surface area contributed by atoms with Crippen LogP contribution in [-0.2, 0) is 19.1 Å². The highest BCUT2D eigenvalue weighted by atomic mass is 32.2. The molecule has 0 bridgehead atoms. The molecule has 2 rings (SSSR count). The monoisotopic (exact) mass is 311 g/mol. The summed E-state index contributed by atoms with van der Waals surface area (Å²) in [6.07, 6.45) is 1.46. The third-order valence-electron chi connectivity index (χ3n) is 2.82. The first-order valence-electron chi connectivity index (χ1n) is 6.68. The first-order valence-corrected chi connectivity index (χ1v) is 7.66. The topological polar surface area (TPSA) is 81.6 Å². The molecule has 0 N–H and O–H groups in total. The highest BCUT2D eigenvalue weighted by Gasteiger charge is 2.17. The van der Waals surface area contributed by atoms with E-state index < -0.39 is 11.8 Å². The zero-order chi connectivity index (χ0) is 15.1. The molecule has 1 aliphatic rings. The van der Waals surface area contributed by atoms with Crippen LogP contribution in [0.4, 0.5) is 5.82 Å².